The molecule has 6 heteroatoms. The Kier molecular flexibility index (Phi) is 7.04. The van der Waals surface area contributed by atoms with E-state index in [9.17, 15) is 9.18 Å². The molecule has 0 bridgehead atoms. The number of carbonyl (C=O) groups excluding carboxylic acids is 1. The lowest BCUT2D eigenvalue weighted by atomic mass is 10.1. The maximum absolute atomic E-state index is 13.8. The first kappa shape index (κ1) is 19.8. The molecule has 0 fully saturated rings. The maximum atomic E-state index is 13.8. The molecule has 138 valence electrons. The zero-order valence-electron chi connectivity index (χ0n) is 15.0. The number of ether oxygens (including phenoxy) is 2. The Morgan fingerprint density at radius 2 is 2.04 bits per heavy atom. The van der Waals surface area contributed by atoms with E-state index in [4.69, 9.17) is 21.1 Å². The van der Waals surface area contributed by atoms with E-state index in [1.807, 2.05) is 13.0 Å². The first-order valence-corrected chi connectivity index (χ1v) is 8.51. The van der Waals surface area contributed by atoms with E-state index in [0.29, 0.717) is 28.7 Å². The molecule has 1 amide bonds. The van der Waals surface area contributed by atoms with E-state index in [-0.39, 0.29) is 12.5 Å². The molecule has 0 heterocycles. The van der Waals surface area contributed by atoms with Gasteiger partial charge >= 0.3 is 0 Å². The van der Waals surface area contributed by atoms with Crippen molar-refractivity contribution in [1.29, 1.82) is 0 Å². The van der Waals surface area contributed by atoms with Gasteiger partial charge in [-0.05, 0) is 42.8 Å². The maximum Gasteiger partial charge on any atom is 0.246 e. The first-order chi connectivity index (χ1) is 12.5. The van der Waals surface area contributed by atoms with Crippen molar-refractivity contribution in [3.05, 3.63) is 64.4 Å². The highest BCUT2D eigenvalue weighted by Crippen LogP contribution is 2.28. The second kappa shape index (κ2) is 9.25. The lowest BCUT2D eigenvalue weighted by Crippen LogP contribution is -2.24. The average molecular weight is 378 g/mol. The van der Waals surface area contributed by atoms with E-state index >= 15 is 0 Å². The molecule has 26 heavy (non-hydrogen) atoms. The summed E-state index contributed by atoms with van der Waals surface area (Å²) >= 11 is 6.00. The number of carbonyl (C=O) groups is 1. The SMILES string of the molecule is CCOc1ccc(/C=C/C(=O)N(C)Cc2c(F)cccc2Cl)cc1OC. The van der Waals surface area contributed by atoms with Gasteiger partial charge in [-0.3, -0.25) is 4.79 Å². The number of hydrogen-bond acceptors (Lipinski definition) is 3. The summed E-state index contributed by atoms with van der Waals surface area (Å²) in [5, 5.41) is 0.296. The highest BCUT2D eigenvalue weighted by molar-refractivity contribution is 6.31. The Labute approximate surface area is 157 Å². The molecule has 0 spiro atoms. The van der Waals surface area contributed by atoms with Gasteiger partial charge in [-0.1, -0.05) is 23.7 Å². The van der Waals surface area contributed by atoms with Crippen molar-refractivity contribution >= 4 is 23.6 Å². The van der Waals surface area contributed by atoms with Crippen LogP contribution < -0.4 is 9.47 Å². The summed E-state index contributed by atoms with van der Waals surface area (Å²) < 4.78 is 24.6. The van der Waals surface area contributed by atoms with Crippen LogP contribution in [0.5, 0.6) is 11.5 Å². The van der Waals surface area contributed by atoms with Crippen LogP contribution in [0, 0.1) is 5.82 Å². The molecule has 0 atom stereocenters. The van der Waals surface area contributed by atoms with E-state index in [1.165, 1.54) is 23.1 Å². The minimum Gasteiger partial charge on any atom is -0.493 e. The van der Waals surface area contributed by atoms with Crippen LogP contribution >= 0.6 is 11.6 Å². The van der Waals surface area contributed by atoms with Crippen molar-refractivity contribution in [3.63, 3.8) is 0 Å². The summed E-state index contributed by atoms with van der Waals surface area (Å²) in [7, 11) is 3.15. The predicted octanol–water partition coefficient (Wildman–Crippen LogP) is 4.56. The quantitative estimate of drug-likeness (QED) is 0.664. The number of halogens is 2. The molecular formula is C20H21ClFNO3. The van der Waals surface area contributed by atoms with E-state index in [0.717, 1.165) is 5.56 Å². The van der Waals surface area contributed by atoms with Gasteiger partial charge in [0.25, 0.3) is 0 Å². The Morgan fingerprint density at radius 3 is 2.69 bits per heavy atom. The molecular weight excluding hydrogens is 357 g/mol. The van der Waals surface area contributed by atoms with E-state index in [2.05, 4.69) is 0 Å². The molecule has 0 aromatic heterocycles. The fourth-order valence-corrected chi connectivity index (χ4v) is 2.58. The zero-order valence-corrected chi connectivity index (χ0v) is 15.7. The van der Waals surface area contributed by atoms with E-state index < -0.39 is 5.82 Å². The van der Waals surface area contributed by atoms with Crippen LogP contribution in [0.25, 0.3) is 6.08 Å². The molecule has 0 aliphatic carbocycles. The Bertz CT molecular complexity index is 787. The molecule has 0 aliphatic rings. The van der Waals surface area contributed by atoms with Gasteiger partial charge in [0.15, 0.2) is 11.5 Å². The van der Waals surface area contributed by atoms with Crippen molar-refractivity contribution in [3.8, 4) is 11.5 Å². The Hall–Kier alpha value is -2.53. The minimum atomic E-state index is -0.433. The number of hydrogen-bond donors (Lipinski definition) is 0. The topological polar surface area (TPSA) is 38.8 Å². The lowest BCUT2D eigenvalue weighted by molar-refractivity contribution is -0.125. The highest BCUT2D eigenvalue weighted by atomic mass is 35.5. The molecule has 0 N–H and O–H groups in total. The zero-order chi connectivity index (χ0) is 19.1. The summed E-state index contributed by atoms with van der Waals surface area (Å²) in [6.45, 7) is 2.51. The predicted molar refractivity (Wildman–Crippen MR) is 101 cm³/mol. The third-order valence-electron chi connectivity index (χ3n) is 3.74. The first-order valence-electron chi connectivity index (χ1n) is 8.13. The van der Waals surface area contributed by atoms with Crippen molar-refractivity contribution in [2.45, 2.75) is 13.5 Å². The third-order valence-corrected chi connectivity index (χ3v) is 4.09. The van der Waals surface area contributed by atoms with Crippen molar-refractivity contribution in [1.82, 2.24) is 4.90 Å². The average Bonchev–Trinajstić information content (AvgIpc) is 2.63. The van der Waals surface area contributed by atoms with Crippen LogP contribution in [0.2, 0.25) is 5.02 Å². The molecule has 2 aromatic rings. The number of benzene rings is 2. The van der Waals surface area contributed by atoms with Gasteiger partial charge in [-0.25, -0.2) is 4.39 Å². The van der Waals surface area contributed by atoms with Crippen molar-refractivity contribution in [2.75, 3.05) is 20.8 Å². The largest absolute Gasteiger partial charge is 0.493 e. The normalized spacial score (nSPS) is 10.8. The van der Waals surface area contributed by atoms with Crippen LogP contribution in [0.15, 0.2) is 42.5 Å². The second-order valence-electron chi connectivity index (χ2n) is 5.57. The van der Waals surface area contributed by atoms with Gasteiger partial charge in [-0.2, -0.15) is 0 Å². The third kappa shape index (κ3) is 4.99. The molecule has 0 saturated heterocycles. The van der Waals surface area contributed by atoms with Crippen LogP contribution in [-0.2, 0) is 11.3 Å². The summed E-state index contributed by atoms with van der Waals surface area (Å²) in [4.78, 5) is 13.7. The molecule has 0 unspecified atom stereocenters. The van der Waals surface area contributed by atoms with Crippen molar-refractivity contribution in [2.24, 2.45) is 0 Å². The number of likely N-dealkylation sites (N-methyl/N-ethyl adjacent to an activating group) is 1. The highest BCUT2D eigenvalue weighted by Gasteiger charge is 2.12. The second-order valence-corrected chi connectivity index (χ2v) is 5.98. The van der Waals surface area contributed by atoms with E-state index in [1.54, 1.807) is 38.4 Å². The summed E-state index contributed by atoms with van der Waals surface area (Å²) in [5.74, 6) is 0.535. The molecule has 0 aliphatic heterocycles. The molecule has 2 aromatic carbocycles. The van der Waals surface area contributed by atoms with Crippen LogP contribution in [0.3, 0.4) is 0 Å². The Balaban J connectivity index is 2.08. The van der Waals surface area contributed by atoms with Crippen LogP contribution in [-0.4, -0.2) is 31.6 Å². The van der Waals surface area contributed by atoms with Gasteiger partial charge in [0.2, 0.25) is 5.91 Å². The van der Waals surface area contributed by atoms with Gasteiger partial charge in [0.1, 0.15) is 5.82 Å². The standard InChI is InChI=1S/C20H21ClFNO3/c1-4-26-18-10-8-14(12-19(18)25-3)9-11-20(24)23(2)13-15-16(21)6-5-7-17(15)22/h5-12H,4,13H2,1-3H3/b11-9+. The summed E-state index contributed by atoms with van der Waals surface area (Å²) in [6.07, 6.45) is 3.09. The molecule has 0 radical (unpaired) electrons. The molecule has 0 saturated carbocycles. The van der Waals surface area contributed by atoms with Gasteiger partial charge in [0, 0.05) is 30.3 Å². The summed E-state index contributed by atoms with van der Waals surface area (Å²) in [6, 6.07) is 9.84. The summed E-state index contributed by atoms with van der Waals surface area (Å²) in [5.41, 5.74) is 1.08. The molecule has 2 rings (SSSR count). The molecule has 4 nitrogen and oxygen atoms in total. The number of methoxy groups -OCH3 is 1. The number of rotatable bonds is 7. The minimum absolute atomic E-state index is 0.0846. The van der Waals surface area contributed by atoms with Crippen LogP contribution in [0.4, 0.5) is 4.39 Å². The lowest BCUT2D eigenvalue weighted by Gasteiger charge is -2.16. The fourth-order valence-electron chi connectivity index (χ4n) is 2.36. The fraction of sp³-hybridized carbons (Fsp3) is 0.250. The monoisotopic (exact) mass is 377 g/mol. The van der Waals surface area contributed by atoms with Gasteiger partial charge in [-0.15, -0.1) is 0 Å². The van der Waals surface area contributed by atoms with Crippen molar-refractivity contribution < 1.29 is 18.7 Å². The number of amides is 1. The van der Waals surface area contributed by atoms with Gasteiger partial charge in [0.05, 0.1) is 13.7 Å². The number of nitrogens with zero attached hydrogens (tertiary/aromatic N) is 1. The van der Waals surface area contributed by atoms with Gasteiger partial charge < -0.3 is 14.4 Å². The smallest absolute Gasteiger partial charge is 0.246 e. The van der Waals surface area contributed by atoms with Crippen LogP contribution in [0.1, 0.15) is 18.1 Å². The Morgan fingerprint density at radius 1 is 1.27 bits per heavy atom.